The van der Waals surface area contributed by atoms with Crippen LogP contribution in [0.4, 0.5) is 0 Å². The Labute approximate surface area is 251 Å². The van der Waals surface area contributed by atoms with Crippen LogP contribution in [0.15, 0.2) is 36.4 Å². The van der Waals surface area contributed by atoms with Crippen molar-refractivity contribution in [3.8, 4) is 0 Å². The van der Waals surface area contributed by atoms with Gasteiger partial charge in [-0.1, -0.05) is 92.6 Å². The fourth-order valence-corrected chi connectivity index (χ4v) is 14.7. The lowest BCUT2D eigenvalue weighted by Crippen LogP contribution is -2.86. The van der Waals surface area contributed by atoms with Gasteiger partial charge < -0.3 is 5.11 Å². The third-order valence-corrected chi connectivity index (χ3v) is 16.6. The van der Waals surface area contributed by atoms with Gasteiger partial charge in [-0.25, -0.2) is 4.79 Å². The highest BCUT2D eigenvalue weighted by molar-refractivity contribution is 5.85. The number of hydrogen-bond acceptors (Lipinski definition) is 1. The third-order valence-electron chi connectivity index (χ3n) is 16.6. The van der Waals surface area contributed by atoms with Crippen LogP contribution in [0.1, 0.15) is 126 Å². The third kappa shape index (κ3) is 3.19. The van der Waals surface area contributed by atoms with Crippen molar-refractivity contribution >= 4 is 12.0 Å². The molecule has 9 saturated carbocycles. The molecule has 0 aliphatic heterocycles. The topological polar surface area (TPSA) is 37.3 Å². The Morgan fingerprint density at radius 2 is 1.22 bits per heavy atom. The first-order chi connectivity index (χ1) is 19.1. The number of carboxylic acids is 1. The predicted molar refractivity (Wildman–Crippen MR) is 170 cm³/mol. The molecule has 226 valence electrons. The van der Waals surface area contributed by atoms with Crippen LogP contribution in [0.3, 0.4) is 0 Å². The van der Waals surface area contributed by atoms with Gasteiger partial charge in [-0.15, -0.1) is 0 Å². The van der Waals surface area contributed by atoms with Crippen LogP contribution in [0.2, 0.25) is 0 Å². The number of hydrogen-bond donors (Lipinski definition) is 1. The van der Waals surface area contributed by atoms with E-state index in [1.165, 1.54) is 38.5 Å². The summed E-state index contributed by atoms with van der Waals surface area (Å²) in [5.74, 6) is 3.86. The first-order valence-electron chi connectivity index (χ1n) is 17.0. The molecule has 9 aliphatic carbocycles. The highest BCUT2D eigenvalue weighted by Crippen LogP contribution is 2.95. The normalized spacial score (nSPS) is 47.6. The van der Waals surface area contributed by atoms with Crippen molar-refractivity contribution in [3.63, 3.8) is 0 Å². The molecule has 0 amide bonds. The maximum absolute atomic E-state index is 10.1. The molecule has 1 N–H and O–H groups in total. The Morgan fingerprint density at radius 1 is 0.707 bits per heavy atom. The second-order valence-electron chi connectivity index (χ2n) is 17.6. The van der Waals surface area contributed by atoms with Crippen molar-refractivity contribution in [2.45, 2.75) is 120 Å². The number of rotatable bonds is 4. The monoisotopic (exact) mass is 558 g/mol. The molecule has 1 aromatic carbocycles. The van der Waals surface area contributed by atoms with Gasteiger partial charge in [0.25, 0.3) is 0 Å². The molecule has 6 bridgehead atoms. The quantitative estimate of drug-likeness (QED) is 0.373. The van der Waals surface area contributed by atoms with Gasteiger partial charge in [0.2, 0.25) is 0 Å². The highest BCUT2D eigenvalue weighted by atomic mass is 16.4. The highest BCUT2D eigenvalue weighted by Gasteiger charge is 2.88. The zero-order valence-corrected chi connectivity index (χ0v) is 27.6. The molecule has 2 nitrogen and oxygen atoms in total. The largest absolute Gasteiger partial charge is 0.478 e. The van der Waals surface area contributed by atoms with Crippen molar-refractivity contribution in [2.24, 2.45) is 67.5 Å². The number of benzene rings is 1. The summed E-state index contributed by atoms with van der Waals surface area (Å²) in [6, 6.07) is 9.31. The fourth-order valence-electron chi connectivity index (χ4n) is 14.7. The van der Waals surface area contributed by atoms with Crippen molar-refractivity contribution in [1.82, 2.24) is 0 Å². The summed E-state index contributed by atoms with van der Waals surface area (Å²) in [6.45, 7) is 24.7. The summed E-state index contributed by atoms with van der Waals surface area (Å²) in [4.78, 5) is 10.1. The summed E-state index contributed by atoms with van der Waals surface area (Å²) in [7, 11) is 0. The van der Waals surface area contributed by atoms with Gasteiger partial charge in [-0.3, -0.25) is 0 Å². The number of fused-ring (bicyclic) bond motifs is 6. The van der Waals surface area contributed by atoms with Crippen LogP contribution in [-0.4, -0.2) is 11.1 Å². The van der Waals surface area contributed by atoms with Crippen LogP contribution in [0, 0.1) is 67.5 Å². The number of carbonyl (C=O) groups is 1. The molecule has 10 rings (SSSR count). The standard InChI is InChI=1S/C30H50.C9H8O2/c1-19-10-12-21-16-28(19,24(21,3)4)27(9)15-14-23-18-30(27,26(23,7)8)29-17-22(25(29,5)6)13-11-20(29)2;10-9(11)7-6-8-4-2-1-3-5-8/h19-23H,10-18H2,1-9H3;1-7H,(H,10,11). The van der Waals surface area contributed by atoms with E-state index < -0.39 is 5.97 Å². The lowest BCUT2D eigenvalue weighted by Gasteiger charge is -2.92. The lowest BCUT2D eigenvalue weighted by atomic mass is 9.12. The predicted octanol–water partition coefficient (Wildman–Crippen LogP) is 10.5. The zero-order valence-electron chi connectivity index (χ0n) is 27.6. The average Bonchev–Trinajstić information content (AvgIpc) is 2.92. The van der Waals surface area contributed by atoms with E-state index in [0.29, 0.717) is 37.9 Å². The molecule has 9 atom stereocenters. The van der Waals surface area contributed by atoms with Crippen molar-refractivity contribution in [2.75, 3.05) is 0 Å². The molecule has 9 aliphatic rings. The van der Waals surface area contributed by atoms with E-state index in [4.69, 9.17) is 5.11 Å². The van der Waals surface area contributed by atoms with Crippen molar-refractivity contribution in [1.29, 1.82) is 0 Å². The molecule has 9 unspecified atom stereocenters. The molecule has 0 heterocycles. The minimum atomic E-state index is -0.922. The Kier molecular flexibility index (Phi) is 6.46. The van der Waals surface area contributed by atoms with Gasteiger partial charge in [-0.05, 0) is 137 Å². The zero-order chi connectivity index (χ0) is 29.9. The lowest BCUT2D eigenvalue weighted by molar-refractivity contribution is -0.441. The average molecular weight is 559 g/mol. The SMILES string of the molecule is CC1CCC2CC1(C1(C)CCC3CC1(C14CC(CCC1C)C4(C)C)C3(C)C)C2(C)C.O=C(O)C=Cc1ccccc1. The van der Waals surface area contributed by atoms with E-state index in [1.54, 1.807) is 25.3 Å². The fraction of sp³-hybridized carbons (Fsp3) is 0.769. The van der Waals surface area contributed by atoms with E-state index in [-0.39, 0.29) is 0 Å². The molecular formula is C39H58O2. The van der Waals surface area contributed by atoms with Crippen LogP contribution < -0.4 is 0 Å². The molecule has 9 fully saturated rings. The number of aliphatic carboxylic acids is 1. The Hall–Kier alpha value is -1.57. The second kappa shape index (κ2) is 8.98. The summed E-state index contributed by atoms with van der Waals surface area (Å²) < 4.78 is 0. The Morgan fingerprint density at radius 3 is 1.68 bits per heavy atom. The van der Waals surface area contributed by atoms with Gasteiger partial charge in [0.15, 0.2) is 0 Å². The number of carboxylic acid groups (broad SMARTS) is 1. The van der Waals surface area contributed by atoms with Crippen molar-refractivity contribution in [3.05, 3.63) is 42.0 Å². The first-order valence-corrected chi connectivity index (χ1v) is 17.0. The van der Waals surface area contributed by atoms with Gasteiger partial charge in [0, 0.05) is 6.08 Å². The van der Waals surface area contributed by atoms with E-state index in [0.717, 1.165) is 41.2 Å². The molecule has 1 aromatic rings. The molecule has 2 heteroatoms. The second-order valence-corrected chi connectivity index (χ2v) is 17.6. The summed E-state index contributed by atoms with van der Waals surface area (Å²) in [5.41, 5.74) is 4.68. The maximum Gasteiger partial charge on any atom is 0.328 e. The van der Waals surface area contributed by atoms with Gasteiger partial charge in [0.05, 0.1) is 0 Å². The van der Waals surface area contributed by atoms with E-state index in [9.17, 15) is 4.79 Å². The minimum absolute atomic E-state index is 0.506. The van der Waals surface area contributed by atoms with E-state index in [2.05, 4.69) is 62.3 Å². The summed E-state index contributed by atoms with van der Waals surface area (Å²) in [5, 5.41) is 8.29. The van der Waals surface area contributed by atoms with Crippen LogP contribution in [0.25, 0.3) is 6.08 Å². The molecule has 0 saturated heterocycles. The Balaban J connectivity index is 0.000000233. The van der Waals surface area contributed by atoms with Crippen molar-refractivity contribution < 1.29 is 9.90 Å². The first kappa shape index (κ1) is 29.5. The van der Waals surface area contributed by atoms with Gasteiger partial charge >= 0.3 is 5.97 Å². The summed E-state index contributed by atoms with van der Waals surface area (Å²) in [6.07, 6.45) is 16.4. The maximum atomic E-state index is 10.1. The smallest absolute Gasteiger partial charge is 0.328 e. The molecule has 0 aromatic heterocycles. The van der Waals surface area contributed by atoms with E-state index in [1.807, 2.05) is 30.3 Å². The van der Waals surface area contributed by atoms with Crippen LogP contribution in [-0.2, 0) is 4.79 Å². The molecule has 41 heavy (non-hydrogen) atoms. The van der Waals surface area contributed by atoms with Gasteiger partial charge in [0.1, 0.15) is 0 Å². The molecular weight excluding hydrogens is 500 g/mol. The van der Waals surface area contributed by atoms with Crippen LogP contribution in [0.5, 0.6) is 0 Å². The van der Waals surface area contributed by atoms with Gasteiger partial charge in [-0.2, -0.15) is 0 Å². The summed E-state index contributed by atoms with van der Waals surface area (Å²) >= 11 is 0. The van der Waals surface area contributed by atoms with Crippen LogP contribution >= 0.6 is 0 Å². The molecule has 0 spiro atoms. The molecule has 0 radical (unpaired) electrons. The minimum Gasteiger partial charge on any atom is -0.478 e. The Bertz CT molecular complexity index is 1220. The van der Waals surface area contributed by atoms with E-state index >= 15 is 0 Å².